The summed E-state index contributed by atoms with van der Waals surface area (Å²) in [5.41, 5.74) is 3.15. The van der Waals surface area contributed by atoms with Crippen LogP contribution in [0.4, 0.5) is 0 Å². The molecule has 1 N–H and O–H groups in total. The molecule has 0 amide bonds. The number of aromatic amines is 1. The number of hydrogen-bond donors (Lipinski definition) is 1. The van der Waals surface area contributed by atoms with E-state index in [0.29, 0.717) is 12.1 Å². The summed E-state index contributed by atoms with van der Waals surface area (Å²) in [6.45, 7) is 4.93. The molecule has 0 aromatic carbocycles. The van der Waals surface area contributed by atoms with Gasteiger partial charge in [0.25, 0.3) is 0 Å². The third-order valence-electron chi connectivity index (χ3n) is 3.69. The van der Waals surface area contributed by atoms with Gasteiger partial charge in [-0.25, -0.2) is 0 Å². The Hall–Kier alpha value is -1.14. The molecule has 0 radical (unpaired) electrons. The van der Waals surface area contributed by atoms with E-state index in [9.17, 15) is 0 Å². The van der Waals surface area contributed by atoms with Crippen LogP contribution in [0.5, 0.6) is 0 Å². The van der Waals surface area contributed by atoms with E-state index < -0.39 is 0 Å². The van der Waals surface area contributed by atoms with Gasteiger partial charge in [0.2, 0.25) is 0 Å². The first-order valence-electron chi connectivity index (χ1n) is 6.33. The number of aromatic nitrogens is 4. The third-order valence-corrected chi connectivity index (χ3v) is 3.99. The second-order valence-electron chi connectivity index (χ2n) is 5.07. The largest absolute Gasteiger partial charge is 0.378 e. The van der Waals surface area contributed by atoms with Crippen molar-refractivity contribution >= 4 is 23.4 Å². The van der Waals surface area contributed by atoms with Gasteiger partial charge in [0.1, 0.15) is 5.52 Å². The number of nitrogens with one attached hydrogen (secondary N) is 1. The highest BCUT2D eigenvalue weighted by Gasteiger charge is 2.25. The van der Waals surface area contributed by atoms with Gasteiger partial charge >= 0.3 is 0 Å². The van der Waals surface area contributed by atoms with Crippen molar-refractivity contribution in [3.05, 3.63) is 10.5 Å². The number of nitrogens with zero attached hydrogens (tertiary/aromatic N) is 3. The van der Waals surface area contributed by atoms with Crippen molar-refractivity contribution < 1.29 is 4.74 Å². The maximum atomic E-state index is 5.61. The molecule has 98 valence electrons. The molecule has 5 nitrogen and oxygen atoms in total. The minimum atomic E-state index is 0.296. The molecule has 3 rings (SSSR count). The molecular formula is C12H18N4OS. The summed E-state index contributed by atoms with van der Waals surface area (Å²) in [6, 6.07) is 0.407. The Balaban J connectivity index is 2.16. The summed E-state index contributed by atoms with van der Waals surface area (Å²) in [7, 11) is 1.97. The van der Waals surface area contributed by atoms with Crippen molar-refractivity contribution in [3.63, 3.8) is 0 Å². The maximum Gasteiger partial charge on any atom is 0.179 e. The fraction of sp³-hybridized carbons (Fsp3) is 0.667. The molecule has 6 heteroatoms. The first kappa shape index (κ1) is 11.9. The van der Waals surface area contributed by atoms with E-state index in [0.717, 1.165) is 41.1 Å². The van der Waals surface area contributed by atoms with Crippen LogP contribution in [0.25, 0.3) is 11.2 Å². The van der Waals surface area contributed by atoms with Crippen molar-refractivity contribution in [1.29, 1.82) is 0 Å². The fourth-order valence-electron chi connectivity index (χ4n) is 2.88. The molecule has 1 aliphatic heterocycles. The van der Waals surface area contributed by atoms with Gasteiger partial charge < -0.3 is 9.72 Å². The van der Waals surface area contributed by atoms with Crippen LogP contribution in [0.15, 0.2) is 0 Å². The normalized spacial score (nSPS) is 24.8. The second-order valence-corrected chi connectivity index (χ2v) is 5.45. The second kappa shape index (κ2) is 4.20. The Morgan fingerprint density at radius 2 is 2.28 bits per heavy atom. The van der Waals surface area contributed by atoms with E-state index in [1.807, 2.05) is 18.7 Å². The molecule has 2 aromatic rings. The zero-order chi connectivity index (χ0) is 12.9. The predicted octanol–water partition coefficient (Wildman–Crippen LogP) is 2.48. The fourth-order valence-corrected chi connectivity index (χ4v) is 3.22. The summed E-state index contributed by atoms with van der Waals surface area (Å²) in [6.07, 6.45) is 2.31. The highest BCUT2D eigenvalue weighted by Crippen LogP contribution is 2.29. The van der Waals surface area contributed by atoms with Crippen LogP contribution in [0.1, 0.15) is 31.5 Å². The molecule has 0 aliphatic carbocycles. The van der Waals surface area contributed by atoms with Gasteiger partial charge in [0.15, 0.2) is 10.4 Å². The third kappa shape index (κ3) is 1.71. The Labute approximate surface area is 111 Å². The van der Waals surface area contributed by atoms with E-state index in [1.54, 1.807) is 0 Å². The molecule has 3 heterocycles. The van der Waals surface area contributed by atoms with Gasteiger partial charge in [-0.2, -0.15) is 5.10 Å². The molecule has 1 fully saturated rings. The number of rotatable bonds is 1. The van der Waals surface area contributed by atoms with Crippen molar-refractivity contribution in [2.24, 2.45) is 7.05 Å². The summed E-state index contributed by atoms with van der Waals surface area (Å²) in [5, 5.41) is 4.45. The van der Waals surface area contributed by atoms with Crippen LogP contribution in [-0.2, 0) is 11.8 Å². The molecule has 18 heavy (non-hydrogen) atoms. The smallest absolute Gasteiger partial charge is 0.179 e. The first-order valence-corrected chi connectivity index (χ1v) is 6.74. The first-order chi connectivity index (χ1) is 8.58. The molecule has 2 aromatic heterocycles. The van der Waals surface area contributed by atoms with E-state index >= 15 is 0 Å². The van der Waals surface area contributed by atoms with Gasteiger partial charge in [0.05, 0.1) is 11.8 Å². The Morgan fingerprint density at radius 1 is 1.50 bits per heavy atom. The molecular weight excluding hydrogens is 248 g/mol. The Morgan fingerprint density at radius 3 is 3.00 bits per heavy atom. The van der Waals surface area contributed by atoms with Crippen LogP contribution in [0, 0.1) is 11.7 Å². The minimum Gasteiger partial charge on any atom is -0.378 e. The summed E-state index contributed by atoms with van der Waals surface area (Å²) < 4.78 is 10.5. The van der Waals surface area contributed by atoms with Gasteiger partial charge in [-0.05, 0) is 38.9 Å². The van der Waals surface area contributed by atoms with Crippen LogP contribution in [0.3, 0.4) is 0 Å². The highest BCUT2D eigenvalue weighted by molar-refractivity contribution is 7.71. The number of H-pyrrole nitrogens is 1. The molecule has 2 unspecified atom stereocenters. The molecule has 0 saturated carbocycles. The van der Waals surface area contributed by atoms with Crippen LogP contribution in [-0.4, -0.2) is 32.0 Å². The summed E-state index contributed by atoms with van der Waals surface area (Å²) in [4.78, 5) is 3.28. The molecule has 1 aliphatic rings. The van der Waals surface area contributed by atoms with Crippen LogP contribution in [0.2, 0.25) is 0 Å². The zero-order valence-corrected chi connectivity index (χ0v) is 11.8. The van der Waals surface area contributed by atoms with Crippen molar-refractivity contribution in [2.75, 3.05) is 6.61 Å². The lowest BCUT2D eigenvalue weighted by atomic mass is 10.0. The predicted molar refractivity (Wildman–Crippen MR) is 72.3 cm³/mol. The highest BCUT2D eigenvalue weighted by atomic mass is 32.1. The number of fused-ring (bicyclic) bond motifs is 1. The van der Waals surface area contributed by atoms with Crippen molar-refractivity contribution in [2.45, 2.75) is 38.8 Å². The SMILES string of the molecule is Cc1nn(C)c2c1[nH]c(=S)n2C1CCOC(C)C1. The van der Waals surface area contributed by atoms with Gasteiger partial charge in [-0.3, -0.25) is 9.25 Å². The van der Waals surface area contributed by atoms with Gasteiger partial charge in [0, 0.05) is 19.7 Å². The molecule has 0 spiro atoms. The average Bonchev–Trinajstić information content (AvgIpc) is 2.78. The monoisotopic (exact) mass is 266 g/mol. The van der Waals surface area contributed by atoms with Crippen LogP contribution >= 0.6 is 12.2 Å². The number of imidazole rings is 1. The van der Waals surface area contributed by atoms with Crippen molar-refractivity contribution in [3.8, 4) is 0 Å². The van der Waals surface area contributed by atoms with Gasteiger partial charge in [-0.1, -0.05) is 0 Å². The molecule has 0 bridgehead atoms. The summed E-state index contributed by atoms with van der Waals surface area (Å²) in [5.74, 6) is 0. The number of ether oxygens (including phenoxy) is 1. The maximum absolute atomic E-state index is 5.61. The summed E-state index contributed by atoms with van der Waals surface area (Å²) >= 11 is 5.47. The Bertz CT molecular complexity index is 638. The standard InChI is InChI=1S/C12H18N4OS/c1-7-6-9(4-5-17-7)16-11-10(13-12(16)18)8(2)14-15(11)3/h7,9H,4-6H2,1-3H3,(H,13,18). The minimum absolute atomic E-state index is 0.296. The number of hydrogen-bond acceptors (Lipinski definition) is 3. The van der Waals surface area contributed by atoms with E-state index in [1.165, 1.54) is 0 Å². The van der Waals surface area contributed by atoms with E-state index in [2.05, 4.69) is 21.6 Å². The topological polar surface area (TPSA) is 47.8 Å². The lowest BCUT2D eigenvalue weighted by Gasteiger charge is -2.28. The molecule has 1 saturated heterocycles. The van der Waals surface area contributed by atoms with E-state index in [-0.39, 0.29) is 0 Å². The lowest BCUT2D eigenvalue weighted by molar-refractivity contribution is 0.00628. The van der Waals surface area contributed by atoms with Gasteiger partial charge in [-0.15, -0.1) is 0 Å². The zero-order valence-electron chi connectivity index (χ0n) is 10.9. The number of aryl methyl sites for hydroxylation is 2. The van der Waals surface area contributed by atoms with Crippen molar-refractivity contribution in [1.82, 2.24) is 19.3 Å². The Kier molecular flexibility index (Phi) is 2.79. The lowest BCUT2D eigenvalue weighted by Crippen LogP contribution is -2.26. The quantitative estimate of drug-likeness (QED) is 0.807. The average molecular weight is 266 g/mol. The molecule has 2 atom stereocenters. The van der Waals surface area contributed by atoms with Crippen LogP contribution < -0.4 is 0 Å². The van der Waals surface area contributed by atoms with E-state index in [4.69, 9.17) is 17.0 Å².